The Kier molecular flexibility index (Phi) is 4.96. The molecule has 0 aliphatic rings. The first kappa shape index (κ1) is 10.8. The SMILES string of the molecule is CC=CC(=O)C(=O)OOC(C)C. The van der Waals surface area contributed by atoms with Gasteiger partial charge in [0.2, 0.25) is 0 Å². The normalized spacial score (nSPS) is 10.7. The van der Waals surface area contributed by atoms with Crippen molar-refractivity contribution in [3.8, 4) is 0 Å². The summed E-state index contributed by atoms with van der Waals surface area (Å²) in [5.74, 6) is -1.72. The van der Waals surface area contributed by atoms with Gasteiger partial charge in [-0.15, -0.1) is 0 Å². The summed E-state index contributed by atoms with van der Waals surface area (Å²) in [5.41, 5.74) is 0. The third kappa shape index (κ3) is 4.62. The standard InChI is InChI=1S/C8H12O4/c1-4-5-7(9)8(10)12-11-6(2)3/h4-6H,1-3H3. The number of hydrogen-bond acceptors (Lipinski definition) is 4. The van der Waals surface area contributed by atoms with E-state index >= 15 is 0 Å². The van der Waals surface area contributed by atoms with Crippen molar-refractivity contribution in [3.05, 3.63) is 12.2 Å². The third-order valence-corrected chi connectivity index (χ3v) is 0.835. The summed E-state index contributed by atoms with van der Waals surface area (Å²) in [7, 11) is 0. The average Bonchev–Trinajstić information content (AvgIpc) is 2.00. The highest BCUT2D eigenvalue weighted by Crippen LogP contribution is 1.91. The molecule has 4 nitrogen and oxygen atoms in total. The summed E-state index contributed by atoms with van der Waals surface area (Å²) in [6, 6.07) is 0. The number of ketones is 1. The van der Waals surface area contributed by atoms with Gasteiger partial charge in [0.1, 0.15) is 0 Å². The quantitative estimate of drug-likeness (QED) is 0.275. The molecule has 0 aromatic heterocycles. The van der Waals surface area contributed by atoms with E-state index in [0.717, 1.165) is 6.08 Å². The Hall–Kier alpha value is -1.16. The summed E-state index contributed by atoms with van der Waals surface area (Å²) in [4.78, 5) is 30.0. The van der Waals surface area contributed by atoms with E-state index in [9.17, 15) is 9.59 Å². The molecule has 0 saturated carbocycles. The van der Waals surface area contributed by atoms with E-state index in [0.29, 0.717) is 0 Å². The van der Waals surface area contributed by atoms with Gasteiger partial charge in [-0.25, -0.2) is 4.79 Å². The minimum atomic E-state index is -0.998. The van der Waals surface area contributed by atoms with E-state index in [1.54, 1.807) is 20.8 Å². The number of hydrogen-bond donors (Lipinski definition) is 0. The maximum Gasteiger partial charge on any atom is 0.412 e. The molecule has 0 atom stereocenters. The zero-order chi connectivity index (χ0) is 9.56. The van der Waals surface area contributed by atoms with Crippen LogP contribution in [0.5, 0.6) is 0 Å². The van der Waals surface area contributed by atoms with Crippen LogP contribution < -0.4 is 0 Å². The van der Waals surface area contributed by atoms with Crippen LogP contribution in [0, 0.1) is 0 Å². The second-order valence-electron chi connectivity index (χ2n) is 2.38. The third-order valence-electron chi connectivity index (χ3n) is 0.835. The molecule has 0 spiro atoms. The lowest BCUT2D eigenvalue weighted by atomic mass is 10.4. The van der Waals surface area contributed by atoms with Gasteiger partial charge in [0.05, 0.1) is 6.10 Å². The Balaban J connectivity index is 3.80. The molecule has 0 aromatic rings. The van der Waals surface area contributed by atoms with Gasteiger partial charge in [-0.2, -0.15) is 4.89 Å². The van der Waals surface area contributed by atoms with Crippen LogP contribution in [0.15, 0.2) is 12.2 Å². The Bertz CT molecular complexity index is 193. The molecule has 0 unspecified atom stereocenters. The zero-order valence-electron chi connectivity index (χ0n) is 7.37. The van der Waals surface area contributed by atoms with E-state index in [4.69, 9.17) is 0 Å². The van der Waals surface area contributed by atoms with Gasteiger partial charge in [0.25, 0.3) is 5.78 Å². The lowest BCUT2D eigenvalue weighted by molar-refractivity contribution is -0.287. The van der Waals surface area contributed by atoms with Crippen LogP contribution in [-0.4, -0.2) is 17.9 Å². The molecule has 0 aliphatic carbocycles. The molecule has 0 fully saturated rings. The molecule has 0 heterocycles. The van der Waals surface area contributed by atoms with Crippen molar-refractivity contribution >= 4 is 11.8 Å². The van der Waals surface area contributed by atoms with Crippen molar-refractivity contribution in [1.29, 1.82) is 0 Å². The Labute approximate surface area is 71.1 Å². The summed E-state index contributed by atoms with van der Waals surface area (Å²) in [6.45, 7) is 5.01. The highest BCUT2D eigenvalue weighted by molar-refractivity contribution is 6.38. The molecule has 0 radical (unpaired) electrons. The lowest BCUT2D eigenvalue weighted by Crippen LogP contribution is -2.17. The first-order valence-electron chi connectivity index (χ1n) is 3.62. The van der Waals surface area contributed by atoms with E-state index in [-0.39, 0.29) is 6.10 Å². The Morgan fingerprint density at radius 1 is 1.33 bits per heavy atom. The van der Waals surface area contributed by atoms with Gasteiger partial charge in [-0.05, 0) is 26.8 Å². The second-order valence-corrected chi connectivity index (χ2v) is 2.38. The predicted molar refractivity (Wildman–Crippen MR) is 42.1 cm³/mol. The van der Waals surface area contributed by atoms with Crippen molar-refractivity contribution in [3.63, 3.8) is 0 Å². The monoisotopic (exact) mass is 172 g/mol. The van der Waals surface area contributed by atoms with Crippen molar-refractivity contribution in [1.82, 2.24) is 0 Å². The topological polar surface area (TPSA) is 52.6 Å². The molecular weight excluding hydrogens is 160 g/mol. The fourth-order valence-corrected chi connectivity index (χ4v) is 0.400. The van der Waals surface area contributed by atoms with Crippen molar-refractivity contribution in [2.24, 2.45) is 0 Å². The molecule has 0 aromatic carbocycles. The maximum atomic E-state index is 10.7. The number of carbonyl (C=O) groups excluding carboxylic acids is 2. The first-order chi connectivity index (χ1) is 5.57. The first-order valence-corrected chi connectivity index (χ1v) is 3.62. The summed E-state index contributed by atoms with van der Waals surface area (Å²) >= 11 is 0. The van der Waals surface area contributed by atoms with Crippen LogP contribution in [-0.2, 0) is 19.4 Å². The van der Waals surface area contributed by atoms with Gasteiger partial charge >= 0.3 is 5.97 Å². The van der Waals surface area contributed by atoms with E-state index in [1.165, 1.54) is 6.08 Å². The van der Waals surface area contributed by atoms with Crippen molar-refractivity contribution in [2.75, 3.05) is 0 Å². The van der Waals surface area contributed by atoms with Crippen molar-refractivity contribution in [2.45, 2.75) is 26.9 Å². The molecule has 0 amide bonds. The summed E-state index contributed by atoms with van der Waals surface area (Å²) in [5, 5.41) is 0. The fraction of sp³-hybridized carbons (Fsp3) is 0.500. The lowest BCUT2D eigenvalue weighted by Gasteiger charge is -2.03. The summed E-state index contributed by atoms with van der Waals surface area (Å²) in [6.07, 6.45) is 2.33. The molecule has 0 aliphatic heterocycles. The molecule has 4 heteroatoms. The van der Waals surface area contributed by atoms with Crippen LogP contribution in [0.4, 0.5) is 0 Å². The zero-order valence-corrected chi connectivity index (χ0v) is 7.37. The molecule has 0 rings (SSSR count). The van der Waals surface area contributed by atoms with E-state index in [2.05, 4.69) is 9.78 Å². The van der Waals surface area contributed by atoms with Crippen LogP contribution in [0.1, 0.15) is 20.8 Å². The van der Waals surface area contributed by atoms with Crippen LogP contribution in [0.3, 0.4) is 0 Å². The number of allylic oxidation sites excluding steroid dienone is 1. The van der Waals surface area contributed by atoms with E-state index < -0.39 is 11.8 Å². The van der Waals surface area contributed by atoms with Crippen LogP contribution in [0.2, 0.25) is 0 Å². The minimum absolute atomic E-state index is 0.243. The Morgan fingerprint density at radius 3 is 2.33 bits per heavy atom. The molecular formula is C8H12O4. The maximum absolute atomic E-state index is 10.7. The van der Waals surface area contributed by atoms with Crippen LogP contribution >= 0.6 is 0 Å². The Morgan fingerprint density at radius 2 is 1.92 bits per heavy atom. The average molecular weight is 172 g/mol. The smallest absolute Gasteiger partial charge is 0.289 e. The van der Waals surface area contributed by atoms with Crippen LogP contribution in [0.25, 0.3) is 0 Å². The van der Waals surface area contributed by atoms with Gasteiger partial charge < -0.3 is 0 Å². The highest BCUT2D eigenvalue weighted by atomic mass is 17.2. The molecule has 68 valence electrons. The van der Waals surface area contributed by atoms with Gasteiger partial charge in [-0.1, -0.05) is 6.08 Å². The predicted octanol–water partition coefficient (Wildman–Crippen LogP) is 1.01. The fourth-order valence-electron chi connectivity index (χ4n) is 0.400. The van der Waals surface area contributed by atoms with E-state index in [1.807, 2.05) is 0 Å². The second kappa shape index (κ2) is 5.49. The molecule has 0 N–H and O–H groups in total. The molecule has 12 heavy (non-hydrogen) atoms. The molecule has 0 bridgehead atoms. The minimum Gasteiger partial charge on any atom is -0.289 e. The molecule has 0 saturated heterocycles. The highest BCUT2D eigenvalue weighted by Gasteiger charge is 2.13. The number of carbonyl (C=O) groups is 2. The number of rotatable bonds is 4. The van der Waals surface area contributed by atoms with Crippen molar-refractivity contribution < 1.29 is 19.4 Å². The summed E-state index contributed by atoms with van der Waals surface area (Å²) < 4.78 is 0. The van der Waals surface area contributed by atoms with Gasteiger partial charge in [0.15, 0.2) is 0 Å². The van der Waals surface area contributed by atoms with Gasteiger partial charge in [-0.3, -0.25) is 9.68 Å². The van der Waals surface area contributed by atoms with Gasteiger partial charge in [0, 0.05) is 0 Å². The largest absolute Gasteiger partial charge is 0.412 e.